The predicted molar refractivity (Wildman–Crippen MR) is 55.5 cm³/mol. The SMILES string of the molecule is CCO/C([O-])=N/N=C(/[N+](=O)[O-])[n+]1ccccc1. The highest BCUT2D eigenvalue weighted by Gasteiger charge is 2.26. The summed E-state index contributed by atoms with van der Waals surface area (Å²) in [5.74, 6) is -0.585. The van der Waals surface area contributed by atoms with E-state index in [0.717, 1.165) is 4.57 Å². The Morgan fingerprint density at radius 3 is 2.53 bits per heavy atom. The van der Waals surface area contributed by atoms with Crippen LogP contribution in [0.4, 0.5) is 0 Å². The fourth-order valence-corrected chi connectivity index (χ4v) is 0.952. The molecule has 8 nitrogen and oxygen atoms in total. The Hall–Kier alpha value is -2.51. The highest BCUT2D eigenvalue weighted by Crippen LogP contribution is 1.84. The summed E-state index contributed by atoms with van der Waals surface area (Å²) in [6.45, 7) is 1.72. The number of hydrogen-bond acceptors (Lipinski definition) is 6. The average molecular weight is 238 g/mol. The number of nitrogens with zero attached hydrogens (tertiary/aromatic N) is 4. The van der Waals surface area contributed by atoms with E-state index in [1.54, 1.807) is 25.1 Å². The summed E-state index contributed by atoms with van der Waals surface area (Å²) >= 11 is 0. The van der Waals surface area contributed by atoms with E-state index in [1.807, 2.05) is 0 Å². The molecule has 0 bridgehead atoms. The Balaban J connectivity index is 2.99. The maximum absolute atomic E-state index is 10.9. The molecule has 0 fully saturated rings. The first-order chi connectivity index (χ1) is 8.15. The molecule has 1 aromatic heterocycles. The van der Waals surface area contributed by atoms with Crippen LogP contribution in [0.3, 0.4) is 0 Å². The molecule has 0 amide bonds. The van der Waals surface area contributed by atoms with Crippen LogP contribution in [0.1, 0.15) is 6.92 Å². The lowest BCUT2D eigenvalue weighted by molar-refractivity contribution is -0.633. The van der Waals surface area contributed by atoms with Crippen molar-refractivity contribution in [2.45, 2.75) is 6.92 Å². The molecule has 0 saturated carbocycles. The van der Waals surface area contributed by atoms with Gasteiger partial charge in [0.1, 0.15) is 12.4 Å². The van der Waals surface area contributed by atoms with E-state index < -0.39 is 17.0 Å². The smallest absolute Gasteiger partial charge is 0.597 e. The molecule has 0 aliphatic rings. The molecule has 0 aromatic carbocycles. The quantitative estimate of drug-likeness (QED) is 0.219. The topological polar surface area (TPSA) is 104 Å². The Morgan fingerprint density at radius 2 is 2.00 bits per heavy atom. The number of rotatable bonds is 2. The van der Waals surface area contributed by atoms with Crippen LogP contribution >= 0.6 is 0 Å². The minimum Gasteiger partial charge on any atom is -0.597 e. The molecule has 8 heteroatoms. The van der Waals surface area contributed by atoms with E-state index in [2.05, 4.69) is 14.9 Å². The predicted octanol–water partition coefficient (Wildman–Crippen LogP) is -0.877. The minimum absolute atomic E-state index is 0.129. The van der Waals surface area contributed by atoms with Gasteiger partial charge in [-0.3, -0.25) is 0 Å². The number of ether oxygens (including phenoxy) is 1. The third kappa shape index (κ3) is 3.86. The summed E-state index contributed by atoms with van der Waals surface area (Å²) in [5.41, 5.74) is 0. The lowest BCUT2D eigenvalue weighted by Gasteiger charge is -2.04. The Bertz CT molecular complexity index is 444. The van der Waals surface area contributed by atoms with Crippen molar-refractivity contribution in [2.24, 2.45) is 10.2 Å². The standard InChI is InChI=1S/C9H10N4O4/c1-2-17-9(14)11-10-8(13(15)16)12-6-4-3-5-7-12/h3-7H,2H2,1H3/b10-8+. The molecule has 0 spiro atoms. The summed E-state index contributed by atoms with van der Waals surface area (Å²) < 4.78 is 5.59. The van der Waals surface area contributed by atoms with Crippen molar-refractivity contribution in [3.63, 3.8) is 0 Å². The third-order valence-corrected chi connectivity index (χ3v) is 1.60. The molecule has 0 aliphatic carbocycles. The zero-order valence-electron chi connectivity index (χ0n) is 9.02. The van der Waals surface area contributed by atoms with Crippen LogP contribution in [0.15, 0.2) is 40.8 Å². The molecule has 1 aromatic rings. The monoisotopic (exact) mass is 238 g/mol. The molecule has 0 saturated heterocycles. The first-order valence-electron chi connectivity index (χ1n) is 4.71. The summed E-state index contributed by atoms with van der Waals surface area (Å²) in [7, 11) is 0. The Kier molecular flexibility index (Phi) is 4.55. The van der Waals surface area contributed by atoms with Gasteiger partial charge in [0.05, 0.1) is 4.92 Å². The van der Waals surface area contributed by atoms with Crippen LogP contribution in [0.25, 0.3) is 0 Å². The summed E-state index contributed by atoms with van der Waals surface area (Å²) in [6.07, 6.45) is 1.87. The zero-order chi connectivity index (χ0) is 12.7. The lowest BCUT2D eigenvalue weighted by atomic mass is 10.5. The fraction of sp³-hybridized carbons (Fsp3) is 0.222. The van der Waals surface area contributed by atoms with Gasteiger partial charge in [0.2, 0.25) is 11.2 Å². The van der Waals surface area contributed by atoms with E-state index >= 15 is 0 Å². The Morgan fingerprint density at radius 1 is 1.35 bits per heavy atom. The molecule has 0 radical (unpaired) electrons. The van der Waals surface area contributed by atoms with Crippen molar-refractivity contribution in [3.8, 4) is 0 Å². The molecule has 0 N–H and O–H groups in total. The maximum atomic E-state index is 10.9. The summed E-state index contributed by atoms with van der Waals surface area (Å²) in [6, 6.07) is 4.86. The van der Waals surface area contributed by atoms with Crippen LogP contribution < -0.4 is 9.67 Å². The van der Waals surface area contributed by atoms with Gasteiger partial charge in [-0.2, -0.15) is 0 Å². The lowest BCUT2D eigenvalue weighted by Crippen LogP contribution is -2.46. The van der Waals surface area contributed by atoms with Crippen molar-refractivity contribution in [1.82, 2.24) is 0 Å². The van der Waals surface area contributed by atoms with Crippen LogP contribution in [0.2, 0.25) is 0 Å². The molecule has 90 valence electrons. The first-order valence-corrected chi connectivity index (χ1v) is 4.71. The third-order valence-electron chi connectivity index (χ3n) is 1.60. The largest absolute Gasteiger partial charge is 0.659 e. The van der Waals surface area contributed by atoms with E-state index in [9.17, 15) is 15.2 Å². The molecule has 17 heavy (non-hydrogen) atoms. The second kappa shape index (κ2) is 6.16. The number of hydrogen-bond donors (Lipinski definition) is 0. The van der Waals surface area contributed by atoms with Crippen LogP contribution in [-0.2, 0) is 4.74 Å². The van der Waals surface area contributed by atoms with Crippen LogP contribution in [-0.4, -0.2) is 23.6 Å². The second-order valence-corrected chi connectivity index (χ2v) is 2.74. The highest BCUT2D eigenvalue weighted by molar-refractivity contribution is 5.65. The fourth-order valence-electron chi connectivity index (χ4n) is 0.952. The number of aromatic nitrogens is 1. The van der Waals surface area contributed by atoms with Crippen LogP contribution in [0, 0.1) is 10.1 Å². The van der Waals surface area contributed by atoms with Crippen molar-refractivity contribution in [2.75, 3.05) is 6.61 Å². The van der Waals surface area contributed by atoms with Gasteiger partial charge in [-0.15, -0.1) is 4.57 Å². The summed E-state index contributed by atoms with van der Waals surface area (Å²) in [5, 5.41) is 27.9. The van der Waals surface area contributed by atoms with Gasteiger partial charge in [0.25, 0.3) is 0 Å². The van der Waals surface area contributed by atoms with Gasteiger partial charge in [-0.1, -0.05) is 13.0 Å². The zero-order valence-corrected chi connectivity index (χ0v) is 9.02. The van der Waals surface area contributed by atoms with Gasteiger partial charge in [0.15, 0.2) is 0 Å². The molecule has 1 rings (SSSR count). The van der Waals surface area contributed by atoms with Crippen molar-refractivity contribution in [1.29, 1.82) is 0 Å². The van der Waals surface area contributed by atoms with Gasteiger partial charge in [-0.25, -0.2) is 0 Å². The second-order valence-electron chi connectivity index (χ2n) is 2.74. The number of pyridine rings is 1. The number of nitro groups is 1. The molecule has 0 aliphatic heterocycles. The Labute approximate surface area is 96.6 Å². The van der Waals surface area contributed by atoms with Crippen molar-refractivity contribution in [3.05, 3.63) is 40.7 Å². The summed E-state index contributed by atoms with van der Waals surface area (Å²) in [4.78, 5) is 9.96. The molecule has 1 heterocycles. The maximum Gasteiger partial charge on any atom is 0.659 e. The van der Waals surface area contributed by atoms with Crippen LogP contribution in [0.5, 0.6) is 0 Å². The average Bonchev–Trinajstić information content (AvgIpc) is 2.30. The van der Waals surface area contributed by atoms with Gasteiger partial charge in [0, 0.05) is 5.10 Å². The van der Waals surface area contributed by atoms with E-state index in [0.29, 0.717) is 0 Å². The van der Waals surface area contributed by atoms with Gasteiger partial charge in [-0.05, 0) is 18.7 Å². The van der Waals surface area contributed by atoms with Gasteiger partial charge >= 0.3 is 5.96 Å². The minimum atomic E-state index is -0.969. The molecular formula is C9H10N4O4. The van der Waals surface area contributed by atoms with Crippen molar-refractivity contribution < 1.29 is 19.3 Å². The molecular weight excluding hydrogens is 228 g/mol. The highest BCUT2D eigenvalue weighted by atomic mass is 16.6. The van der Waals surface area contributed by atoms with E-state index in [1.165, 1.54) is 12.4 Å². The van der Waals surface area contributed by atoms with Crippen molar-refractivity contribution >= 4 is 12.0 Å². The normalized spacial score (nSPS) is 12.3. The van der Waals surface area contributed by atoms with E-state index in [4.69, 9.17) is 0 Å². The first kappa shape index (κ1) is 12.6. The molecule has 0 atom stereocenters. The van der Waals surface area contributed by atoms with E-state index in [-0.39, 0.29) is 6.61 Å². The van der Waals surface area contributed by atoms with Gasteiger partial charge < -0.3 is 20.0 Å². The molecule has 0 unspecified atom stereocenters.